The van der Waals surface area contributed by atoms with Crippen molar-refractivity contribution in [3.8, 4) is 0 Å². The number of ketones is 1. The monoisotopic (exact) mass is 340 g/mol. The Balaban J connectivity index is 1.73. The molecule has 3 fully saturated rings. The lowest BCUT2D eigenvalue weighted by Gasteiger charge is -2.60. The zero-order valence-electron chi connectivity index (χ0n) is 16.0. The average Bonchev–Trinajstić information content (AvgIpc) is 2.82. The van der Waals surface area contributed by atoms with Gasteiger partial charge in [-0.1, -0.05) is 32.9 Å². The highest BCUT2D eigenvalue weighted by Gasteiger charge is 2.63. The fourth-order valence-electron chi connectivity index (χ4n) is 7.44. The molecular weight excluding hydrogens is 308 g/mol. The summed E-state index contributed by atoms with van der Waals surface area (Å²) in [6, 6.07) is 0. The molecular formula is C23H32O2. The van der Waals surface area contributed by atoms with E-state index in [4.69, 9.17) is 0 Å². The van der Waals surface area contributed by atoms with Crippen LogP contribution >= 0.6 is 0 Å². The first-order valence-electron chi connectivity index (χ1n) is 10.1. The van der Waals surface area contributed by atoms with Crippen molar-refractivity contribution >= 4 is 5.78 Å². The van der Waals surface area contributed by atoms with Crippen molar-refractivity contribution in [2.45, 2.75) is 71.3 Å². The molecule has 0 aromatic heterocycles. The highest BCUT2D eigenvalue weighted by Crippen LogP contribution is 2.68. The number of aliphatic hydroxyl groups is 1. The zero-order chi connectivity index (χ0) is 18.0. The van der Waals surface area contributed by atoms with Gasteiger partial charge in [0.15, 0.2) is 5.78 Å². The molecule has 4 rings (SSSR count). The lowest BCUT2D eigenvalue weighted by atomic mass is 9.45. The molecule has 1 N–H and O–H groups in total. The Morgan fingerprint density at radius 3 is 2.68 bits per heavy atom. The summed E-state index contributed by atoms with van der Waals surface area (Å²) in [5.74, 6) is 2.71. The number of allylic oxidation sites excluding steroid dienone is 1. The van der Waals surface area contributed by atoms with Gasteiger partial charge in [-0.05, 0) is 79.8 Å². The Kier molecular flexibility index (Phi) is 3.77. The van der Waals surface area contributed by atoms with Crippen LogP contribution in [0, 0.1) is 34.5 Å². The molecule has 25 heavy (non-hydrogen) atoms. The molecule has 0 unspecified atom stereocenters. The van der Waals surface area contributed by atoms with Gasteiger partial charge in [-0.15, -0.1) is 5.73 Å². The summed E-state index contributed by atoms with van der Waals surface area (Å²) in [5, 5.41) is 11.3. The topological polar surface area (TPSA) is 37.3 Å². The van der Waals surface area contributed by atoms with Crippen LogP contribution in [-0.2, 0) is 4.79 Å². The Bertz CT molecular complexity index is 684. The van der Waals surface area contributed by atoms with Crippen LogP contribution in [0.2, 0.25) is 0 Å². The quantitative estimate of drug-likeness (QED) is 0.694. The predicted octanol–water partition coefficient (Wildman–Crippen LogP) is 4.84. The van der Waals surface area contributed by atoms with Crippen LogP contribution in [0.5, 0.6) is 0 Å². The maximum absolute atomic E-state index is 12.0. The first-order valence-corrected chi connectivity index (χ1v) is 10.1. The molecule has 0 radical (unpaired) electrons. The molecule has 136 valence electrons. The lowest BCUT2D eigenvalue weighted by Crippen LogP contribution is -2.55. The molecule has 4 aliphatic rings. The minimum Gasteiger partial charge on any atom is -0.385 e. The molecule has 0 saturated heterocycles. The number of rotatable bonds is 1. The minimum absolute atomic E-state index is 0.0549. The van der Waals surface area contributed by atoms with Crippen LogP contribution in [0.4, 0.5) is 0 Å². The molecule has 0 amide bonds. The fraction of sp³-hybridized carbons (Fsp3) is 0.739. The molecule has 0 aromatic carbocycles. The first kappa shape index (κ1) is 17.3. The van der Waals surface area contributed by atoms with E-state index in [0.29, 0.717) is 35.9 Å². The molecule has 4 aliphatic carbocycles. The standard InChI is InChI=1S/C23H32O2/c1-5-9-23(25)12-8-19-17-13-15(2)20-14-16(24)6-10-21(20,3)18(17)7-11-22(19,23)4/h9,14-15,17-19,25H,1,6-8,10-13H2,2-4H3/t15-,17+,18-,19-,21+,22-,23-/m0/s1. The van der Waals surface area contributed by atoms with Crippen molar-refractivity contribution in [1.82, 2.24) is 0 Å². The average molecular weight is 341 g/mol. The predicted molar refractivity (Wildman–Crippen MR) is 99.9 cm³/mol. The summed E-state index contributed by atoms with van der Waals surface area (Å²) in [6.45, 7) is 10.8. The highest BCUT2D eigenvalue weighted by atomic mass is 16.3. The summed E-state index contributed by atoms with van der Waals surface area (Å²) in [6.07, 6.45) is 10.9. The number of hydrogen-bond donors (Lipinski definition) is 1. The van der Waals surface area contributed by atoms with E-state index in [9.17, 15) is 9.90 Å². The third-order valence-electron chi connectivity index (χ3n) is 8.83. The molecule has 2 nitrogen and oxygen atoms in total. The van der Waals surface area contributed by atoms with Crippen molar-refractivity contribution in [2.75, 3.05) is 0 Å². The maximum Gasteiger partial charge on any atom is 0.155 e. The second-order valence-electron chi connectivity index (χ2n) is 9.76. The smallest absolute Gasteiger partial charge is 0.155 e. The minimum atomic E-state index is -0.743. The van der Waals surface area contributed by atoms with E-state index in [1.54, 1.807) is 0 Å². The Morgan fingerprint density at radius 1 is 1.24 bits per heavy atom. The van der Waals surface area contributed by atoms with E-state index >= 15 is 0 Å². The van der Waals surface area contributed by atoms with Crippen molar-refractivity contribution in [3.05, 3.63) is 30.0 Å². The summed E-state index contributed by atoms with van der Waals surface area (Å²) in [7, 11) is 0. The van der Waals surface area contributed by atoms with Crippen molar-refractivity contribution in [2.24, 2.45) is 34.5 Å². The number of hydrogen-bond acceptors (Lipinski definition) is 2. The maximum atomic E-state index is 12.0. The highest BCUT2D eigenvalue weighted by molar-refractivity contribution is 5.91. The van der Waals surface area contributed by atoms with Crippen LogP contribution in [0.3, 0.4) is 0 Å². The van der Waals surface area contributed by atoms with E-state index in [1.807, 2.05) is 12.2 Å². The van der Waals surface area contributed by atoms with E-state index < -0.39 is 5.60 Å². The Hall–Kier alpha value is -1.11. The number of fused-ring (bicyclic) bond motifs is 5. The Morgan fingerprint density at radius 2 is 1.96 bits per heavy atom. The molecule has 2 heteroatoms. The van der Waals surface area contributed by atoms with Gasteiger partial charge < -0.3 is 5.11 Å². The third-order valence-corrected chi connectivity index (χ3v) is 8.83. The van der Waals surface area contributed by atoms with Crippen LogP contribution in [0.1, 0.15) is 65.7 Å². The van der Waals surface area contributed by atoms with Crippen LogP contribution < -0.4 is 0 Å². The van der Waals surface area contributed by atoms with Gasteiger partial charge in [0.1, 0.15) is 0 Å². The van der Waals surface area contributed by atoms with E-state index in [0.717, 1.165) is 25.7 Å². The summed E-state index contributed by atoms with van der Waals surface area (Å²) < 4.78 is 0. The molecule has 0 aliphatic heterocycles. The van der Waals surface area contributed by atoms with Gasteiger partial charge in [0.2, 0.25) is 0 Å². The molecule has 0 spiro atoms. The molecule has 0 heterocycles. The van der Waals surface area contributed by atoms with Gasteiger partial charge >= 0.3 is 0 Å². The van der Waals surface area contributed by atoms with Gasteiger partial charge in [-0.25, -0.2) is 0 Å². The van der Waals surface area contributed by atoms with E-state index in [2.05, 4.69) is 33.1 Å². The molecule has 0 aromatic rings. The lowest BCUT2D eigenvalue weighted by molar-refractivity contribution is -0.121. The normalized spacial score (nSPS) is 51.7. The SMILES string of the molecule is C=C=C[C@]1(O)CC[C@H]2[C@@H]3C[C@H](C)C4=CC(=O)CC[C@]4(C)[C@H]3CC[C@@]21C. The van der Waals surface area contributed by atoms with Gasteiger partial charge in [0, 0.05) is 11.8 Å². The first-order chi connectivity index (χ1) is 11.7. The van der Waals surface area contributed by atoms with E-state index in [1.165, 1.54) is 18.4 Å². The second kappa shape index (κ2) is 5.44. The van der Waals surface area contributed by atoms with Crippen molar-refractivity contribution in [1.29, 1.82) is 0 Å². The molecule has 3 saturated carbocycles. The fourth-order valence-corrected chi connectivity index (χ4v) is 7.44. The summed E-state index contributed by atoms with van der Waals surface area (Å²) in [5.41, 5.74) is 3.69. The largest absolute Gasteiger partial charge is 0.385 e. The summed E-state index contributed by atoms with van der Waals surface area (Å²) >= 11 is 0. The second-order valence-corrected chi connectivity index (χ2v) is 9.76. The van der Waals surface area contributed by atoms with Gasteiger partial charge in [0.25, 0.3) is 0 Å². The van der Waals surface area contributed by atoms with E-state index in [-0.39, 0.29) is 10.8 Å². The number of carbonyl (C=O) groups excluding carboxylic acids is 1. The van der Waals surface area contributed by atoms with Crippen LogP contribution in [-0.4, -0.2) is 16.5 Å². The van der Waals surface area contributed by atoms with Crippen molar-refractivity contribution < 1.29 is 9.90 Å². The number of carbonyl (C=O) groups is 1. The van der Waals surface area contributed by atoms with Gasteiger partial charge in [-0.2, -0.15) is 0 Å². The Labute approximate surface area is 152 Å². The van der Waals surface area contributed by atoms with Gasteiger partial charge in [-0.3, -0.25) is 4.79 Å². The summed E-state index contributed by atoms with van der Waals surface area (Å²) in [4.78, 5) is 12.0. The van der Waals surface area contributed by atoms with Crippen LogP contribution in [0.25, 0.3) is 0 Å². The molecule has 0 bridgehead atoms. The van der Waals surface area contributed by atoms with Crippen LogP contribution in [0.15, 0.2) is 30.0 Å². The molecule has 7 atom stereocenters. The third kappa shape index (κ3) is 2.17. The zero-order valence-corrected chi connectivity index (χ0v) is 16.0. The van der Waals surface area contributed by atoms with Gasteiger partial charge in [0.05, 0.1) is 5.60 Å². The van der Waals surface area contributed by atoms with Crippen molar-refractivity contribution in [3.63, 3.8) is 0 Å².